The monoisotopic (exact) mass is 519 g/mol. The molecule has 0 saturated heterocycles. The van der Waals surface area contributed by atoms with Gasteiger partial charge in [0.15, 0.2) is 11.8 Å². The van der Waals surface area contributed by atoms with Crippen molar-refractivity contribution in [3.63, 3.8) is 0 Å². The van der Waals surface area contributed by atoms with Gasteiger partial charge >= 0.3 is 0 Å². The molecule has 2 N–H and O–H groups in total. The highest BCUT2D eigenvalue weighted by atomic mass is 127. The molecule has 0 amide bonds. The molecule has 1 unspecified atom stereocenters. The summed E-state index contributed by atoms with van der Waals surface area (Å²) in [4.78, 5) is 15.1. The van der Waals surface area contributed by atoms with Crippen LogP contribution in [0, 0.1) is 13.8 Å². The van der Waals surface area contributed by atoms with Crippen LogP contribution in [-0.2, 0) is 30.7 Å². The summed E-state index contributed by atoms with van der Waals surface area (Å²) in [5, 5.41) is 12.6. The summed E-state index contributed by atoms with van der Waals surface area (Å²) in [5.74, 6) is 2.66. The Bertz CT molecular complexity index is 789. The van der Waals surface area contributed by atoms with Crippen molar-refractivity contribution in [3.05, 3.63) is 27.2 Å². The van der Waals surface area contributed by atoms with Gasteiger partial charge in [0.2, 0.25) is 0 Å². The van der Waals surface area contributed by atoms with Gasteiger partial charge in [0, 0.05) is 44.0 Å². The van der Waals surface area contributed by atoms with Gasteiger partial charge in [0.25, 0.3) is 0 Å². The van der Waals surface area contributed by atoms with E-state index < -0.39 is 0 Å². The van der Waals surface area contributed by atoms with Crippen LogP contribution in [0.25, 0.3) is 0 Å². The van der Waals surface area contributed by atoms with Gasteiger partial charge in [-0.1, -0.05) is 0 Å². The van der Waals surface area contributed by atoms with Gasteiger partial charge in [-0.25, -0.2) is 14.6 Å². The number of thiazole rings is 1. The van der Waals surface area contributed by atoms with Crippen LogP contribution < -0.4 is 10.6 Å². The number of nitrogens with one attached hydrogen (secondary N) is 2. The molecule has 0 radical (unpaired) electrons. The first-order valence-corrected chi connectivity index (χ1v) is 10.3. The Balaban J connectivity index is 0.00000280. The van der Waals surface area contributed by atoms with E-state index in [2.05, 4.69) is 46.5 Å². The van der Waals surface area contributed by atoms with Gasteiger partial charge in [0.1, 0.15) is 12.4 Å². The van der Waals surface area contributed by atoms with Gasteiger partial charge < -0.3 is 15.4 Å². The zero-order valence-corrected chi connectivity index (χ0v) is 20.1. The summed E-state index contributed by atoms with van der Waals surface area (Å²) < 4.78 is 7.12. The lowest BCUT2D eigenvalue weighted by Gasteiger charge is -2.25. The summed E-state index contributed by atoms with van der Waals surface area (Å²) in [6, 6.07) is 0.291. The van der Waals surface area contributed by atoms with Gasteiger partial charge in [-0.3, -0.25) is 4.99 Å². The summed E-state index contributed by atoms with van der Waals surface area (Å²) >= 11 is 1.76. The van der Waals surface area contributed by atoms with Crippen molar-refractivity contribution in [2.24, 2.45) is 4.99 Å². The van der Waals surface area contributed by atoms with Crippen LogP contribution in [0.1, 0.15) is 40.6 Å². The number of hydrogen-bond donors (Lipinski definition) is 2. The number of rotatable bonds is 7. The molecule has 1 atom stereocenters. The quantitative estimate of drug-likeness (QED) is 0.332. The van der Waals surface area contributed by atoms with E-state index in [-0.39, 0.29) is 24.0 Å². The van der Waals surface area contributed by atoms with E-state index in [1.54, 1.807) is 18.4 Å². The van der Waals surface area contributed by atoms with Crippen molar-refractivity contribution in [3.8, 4) is 0 Å². The molecule has 3 heterocycles. The lowest BCUT2D eigenvalue weighted by atomic mass is 10.1. The minimum atomic E-state index is 0. The summed E-state index contributed by atoms with van der Waals surface area (Å²) in [7, 11) is 1.67. The van der Waals surface area contributed by atoms with Gasteiger partial charge in [-0.05, 0) is 27.2 Å². The highest BCUT2D eigenvalue weighted by Crippen LogP contribution is 2.17. The number of guanidine groups is 1. The smallest absolute Gasteiger partial charge is 0.191 e. The molecule has 1 aliphatic rings. The van der Waals surface area contributed by atoms with Gasteiger partial charge in [-0.2, -0.15) is 5.10 Å². The fourth-order valence-electron chi connectivity index (χ4n) is 3.26. The molecule has 2 aromatic heterocycles. The molecule has 0 saturated carbocycles. The molecule has 0 aromatic carbocycles. The second-order valence-electron chi connectivity index (χ2n) is 6.69. The topological polar surface area (TPSA) is 89.2 Å². The molecule has 3 rings (SSSR count). The van der Waals surface area contributed by atoms with Gasteiger partial charge in [0.05, 0.1) is 17.2 Å². The van der Waals surface area contributed by atoms with Crippen molar-refractivity contribution in [2.75, 3.05) is 20.2 Å². The zero-order chi connectivity index (χ0) is 19.2. The Morgan fingerprint density at radius 2 is 2.18 bits per heavy atom. The van der Waals surface area contributed by atoms with E-state index in [9.17, 15) is 0 Å². The van der Waals surface area contributed by atoms with E-state index in [1.807, 2.05) is 4.68 Å². The number of halogens is 1. The fraction of sp³-hybridized carbons (Fsp3) is 0.667. The molecule has 1 aliphatic heterocycles. The molecule has 156 valence electrons. The number of methoxy groups -OCH3 is 1. The maximum Gasteiger partial charge on any atom is 0.191 e. The number of ether oxygens (including phenoxy) is 1. The first-order chi connectivity index (χ1) is 13.1. The van der Waals surface area contributed by atoms with Crippen molar-refractivity contribution in [1.29, 1.82) is 0 Å². The van der Waals surface area contributed by atoms with Crippen LogP contribution in [0.3, 0.4) is 0 Å². The van der Waals surface area contributed by atoms with Crippen LogP contribution in [-0.4, -0.2) is 51.9 Å². The van der Waals surface area contributed by atoms with E-state index in [4.69, 9.17) is 9.73 Å². The SMILES string of the molecule is CCNC(=NCCc1sc(C)nc1C)NC1CCc2nc(COC)nn2C1.I. The van der Waals surface area contributed by atoms with Crippen molar-refractivity contribution < 1.29 is 4.74 Å². The number of aliphatic imine (C=N–C) groups is 1. The van der Waals surface area contributed by atoms with Crippen molar-refractivity contribution in [2.45, 2.75) is 59.2 Å². The predicted octanol–water partition coefficient (Wildman–Crippen LogP) is 2.23. The molecule has 28 heavy (non-hydrogen) atoms. The molecule has 0 aliphatic carbocycles. The predicted molar refractivity (Wildman–Crippen MR) is 123 cm³/mol. The molecule has 8 nitrogen and oxygen atoms in total. The fourth-order valence-corrected chi connectivity index (χ4v) is 4.18. The van der Waals surface area contributed by atoms with Crippen LogP contribution in [0.5, 0.6) is 0 Å². The average molecular weight is 519 g/mol. The molecular formula is C18H30IN7OS. The number of hydrogen-bond acceptors (Lipinski definition) is 6. The van der Waals surface area contributed by atoms with E-state index >= 15 is 0 Å². The maximum atomic E-state index is 5.13. The largest absolute Gasteiger partial charge is 0.377 e. The first kappa shape index (κ1) is 23.0. The summed E-state index contributed by atoms with van der Waals surface area (Å²) in [5.41, 5.74) is 1.13. The second-order valence-corrected chi connectivity index (χ2v) is 7.98. The Labute approximate surface area is 187 Å². The molecule has 0 fully saturated rings. The van der Waals surface area contributed by atoms with Crippen molar-refractivity contribution in [1.82, 2.24) is 30.4 Å². The number of fused-ring (bicyclic) bond motifs is 1. The van der Waals surface area contributed by atoms with Gasteiger partial charge in [-0.15, -0.1) is 35.3 Å². The minimum Gasteiger partial charge on any atom is -0.377 e. The summed E-state index contributed by atoms with van der Waals surface area (Å²) in [6.45, 7) is 9.04. The van der Waals surface area contributed by atoms with E-state index in [0.29, 0.717) is 12.6 Å². The molecule has 0 spiro atoms. The average Bonchev–Trinajstić information content (AvgIpc) is 3.17. The lowest BCUT2D eigenvalue weighted by Crippen LogP contribution is -2.47. The van der Waals surface area contributed by atoms with Crippen LogP contribution in [0.2, 0.25) is 0 Å². The van der Waals surface area contributed by atoms with Crippen LogP contribution in [0.15, 0.2) is 4.99 Å². The Morgan fingerprint density at radius 3 is 2.86 bits per heavy atom. The van der Waals surface area contributed by atoms with Crippen molar-refractivity contribution >= 4 is 41.3 Å². The number of aromatic nitrogens is 4. The highest BCUT2D eigenvalue weighted by Gasteiger charge is 2.22. The number of nitrogens with zero attached hydrogens (tertiary/aromatic N) is 5. The maximum absolute atomic E-state index is 5.13. The number of aryl methyl sites for hydroxylation is 3. The third-order valence-electron chi connectivity index (χ3n) is 4.47. The molecule has 10 heteroatoms. The molecule has 0 bridgehead atoms. The Kier molecular flexibility index (Phi) is 9.09. The zero-order valence-electron chi connectivity index (χ0n) is 17.0. The Morgan fingerprint density at radius 1 is 1.36 bits per heavy atom. The Hall–Kier alpha value is -1.27. The molecule has 2 aromatic rings. The second kappa shape index (κ2) is 11.1. The minimum absolute atomic E-state index is 0. The van der Waals surface area contributed by atoms with Crippen LogP contribution >= 0.6 is 35.3 Å². The first-order valence-electron chi connectivity index (χ1n) is 9.48. The van der Waals surface area contributed by atoms with E-state index in [0.717, 1.165) is 67.2 Å². The summed E-state index contributed by atoms with van der Waals surface area (Å²) in [6.07, 6.45) is 2.85. The van der Waals surface area contributed by atoms with Crippen LogP contribution in [0.4, 0.5) is 0 Å². The third-order valence-corrected chi connectivity index (χ3v) is 5.60. The lowest BCUT2D eigenvalue weighted by molar-refractivity contribution is 0.177. The normalized spacial score (nSPS) is 16.4. The third kappa shape index (κ3) is 6.11. The highest BCUT2D eigenvalue weighted by molar-refractivity contribution is 14.0. The molecular weight excluding hydrogens is 489 g/mol. The standard InChI is InChI=1S/C18H29N7OS.HI/c1-5-19-18(20-9-8-15-12(2)21-13(3)27-15)22-14-6-7-17-23-16(11-26-4)24-25(17)10-14;/h14H,5-11H2,1-4H3,(H2,19,20,22);1H. The van der Waals surface area contributed by atoms with E-state index in [1.165, 1.54) is 4.88 Å².